The van der Waals surface area contributed by atoms with Crippen LogP contribution in [0.2, 0.25) is 0 Å². The van der Waals surface area contributed by atoms with E-state index in [9.17, 15) is 13.2 Å². The Kier molecular flexibility index (Phi) is 6.73. The molecule has 0 aromatic heterocycles. The summed E-state index contributed by atoms with van der Waals surface area (Å²) >= 11 is 0. The second kappa shape index (κ2) is 9.57. The van der Waals surface area contributed by atoms with E-state index in [1.54, 1.807) is 50.2 Å². The number of nitrogens with zero attached hydrogens (tertiary/aromatic N) is 1. The van der Waals surface area contributed by atoms with Crippen molar-refractivity contribution in [1.82, 2.24) is 10.9 Å². The van der Waals surface area contributed by atoms with Crippen molar-refractivity contribution in [1.29, 1.82) is 0 Å². The van der Waals surface area contributed by atoms with E-state index < -0.39 is 27.7 Å². The van der Waals surface area contributed by atoms with Gasteiger partial charge in [-0.25, -0.2) is 8.42 Å². The van der Waals surface area contributed by atoms with Crippen molar-refractivity contribution < 1.29 is 32.2 Å². The predicted octanol–water partition coefficient (Wildman–Crippen LogP) is 1.46. The molecule has 0 aliphatic carbocycles. The molecule has 2 atom stereocenters. The summed E-state index contributed by atoms with van der Waals surface area (Å²) in [5.41, 5.74) is 6.67. The van der Waals surface area contributed by atoms with E-state index in [1.165, 1.54) is 14.2 Å². The van der Waals surface area contributed by atoms with Crippen LogP contribution in [0.4, 0.5) is 11.4 Å². The van der Waals surface area contributed by atoms with E-state index in [-0.39, 0.29) is 18.9 Å². The van der Waals surface area contributed by atoms with Crippen LogP contribution in [0.3, 0.4) is 0 Å². The third-order valence-electron chi connectivity index (χ3n) is 5.77. The fraction of sp³-hybridized carbons (Fsp3) is 0.409. The van der Waals surface area contributed by atoms with Crippen LogP contribution in [0.25, 0.3) is 0 Å². The van der Waals surface area contributed by atoms with Crippen molar-refractivity contribution >= 4 is 27.3 Å². The van der Waals surface area contributed by atoms with Crippen molar-refractivity contribution in [2.75, 3.05) is 37.2 Å². The van der Waals surface area contributed by atoms with E-state index in [4.69, 9.17) is 18.9 Å². The van der Waals surface area contributed by atoms with Crippen LogP contribution in [-0.2, 0) is 14.8 Å². The minimum Gasteiger partial charge on any atom is -0.493 e. The number of benzene rings is 2. The van der Waals surface area contributed by atoms with Gasteiger partial charge in [0.2, 0.25) is 22.7 Å². The Bertz CT molecular complexity index is 1160. The Balaban J connectivity index is 1.64. The Morgan fingerprint density at radius 3 is 2.38 bits per heavy atom. The number of hydrogen-bond acceptors (Lipinski definition) is 9. The fourth-order valence-corrected chi connectivity index (χ4v) is 6.30. The minimum atomic E-state index is -3.97. The van der Waals surface area contributed by atoms with Gasteiger partial charge in [0.25, 0.3) is 0 Å². The number of methoxy groups -OCH3 is 2. The lowest BCUT2D eigenvalue weighted by molar-refractivity contribution is -0.114. The molecule has 1 saturated heterocycles. The molecule has 184 valence electrons. The Morgan fingerprint density at radius 1 is 1.03 bits per heavy atom. The second-order valence-electron chi connectivity index (χ2n) is 8.04. The summed E-state index contributed by atoms with van der Waals surface area (Å²) in [5.74, 6) is 1.36. The number of hydrazine groups is 1. The molecule has 2 aromatic carbocycles. The van der Waals surface area contributed by atoms with Crippen LogP contribution in [0, 0.1) is 0 Å². The largest absolute Gasteiger partial charge is 0.493 e. The summed E-state index contributed by atoms with van der Waals surface area (Å²) in [4.78, 5) is 13.0. The van der Waals surface area contributed by atoms with E-state index in [1.807, 2.05) is 0 Å². The number of carbonyl (C=O) groups excluding carboxylic acids is 1. The van der Waals surface area contributed by atoms with Crippen molar-refractivity contribution in [3.63, 3.8) is 0 Å². The highest BCUT2D eigenvalue weighted by molar-refractivity contribution is 7.93. The number of carbonyl (C=O) groups is 1. The number of ether oxygens (including phenoxy) is 4. The van der Waals surface area contributed by atoms with Crippen molar-refractivity contribution in [3.05, 3.63) is 36.4 Å². The molecule has 11 nitrogen and oxygen atoms in total. The van der Waals surface area contributed by atoms with Gasteiger partial charge < -0.3 is 24.3 Å². The standard InChI is InChI=1S/C22H28N4O7S/c1-13-22(14(2)25-24-13)34(28,29)26(16-6-8-18-20(10-16)33-12-32-18)11-21(27)23-15-5-7-17(30-3)19(9-15)31-4/h5-10,13-14,22,24-25H,11-12H2,1-4H3,(H,23,27). The molecule has 12 heteroatoms. The highest BCUT2D eigenvalue weighted by Gasteiger charge is 2.44. The minimum absolute atomic E-state index is 0.0514. The van der Waals surface area contributed by atoms with Gasteiger partial charge in [0.1, 0.15) is 11.8 Å². The molecular formula is C22H28N4O7S. The van der Waals surface area contributed by atoms with Crippen LogP contribution < -0.4 is 39.4 Å². The molecule has 1 fully saturated rings. The molecule has 2 aromatic rings. The quantitative estimate of drug-likeness (QED) is 0.502. The first kappa shape index (κ1) is 23.9. The van der Waals surface area contributed by atoms with Gasteiger partial charge in [0.05, 0.1) is 19.9 Å². The summed E-state index contributed by atoms with van der Waals surface area (Å²) in [5, 5.41) is 1.94. The van der Waals surface area contributed by atoms with Gasteiger partial charge in [-0.2, -0.15) is 0 Å². The summed E-state index contributed by atoms with van der Waals surface area (Å²) in [6.07, 6.45) is 0. The molecule has 2 aliphatic rings. The molecule has 3 N–H and O–H groups in total. The van der Waals surface area contributed by atoms with Gasteiger partial charge >= 0.3 is 0 Å². The number of hydrogen-bond donors (Lipinski definition) is 3. The molecule has 0 spiro atoms. The maximum atomic E-state index is 13.8. The third-order valence-corrected chi connectivity index (χ3v) is 8.23. The smallest absolute Gasteiger partial charge is 0.245 e. The molecule has 1 amide bonds. The van der Waals surface area contributed by atoms with Gasteiger partial charge in [-0.3, -0.25) is 20.0 Å². The van der Waals surface area contributed by atoms with Crippen LogP contribution in [0.1, 0.15) is 13.8 Å². The number of rotatable bonds is 8. The molecule has 2 aliphatic heterocycles. The van der Waals surface area contributed by atoms with Crippen LogP contribution in [0.5, 0.6) is 23.0 Å². The molecule has 0 bridgehead atoms. The lowest BCUT2D eigenvalue weighted by Gasteiger charge is -2.30. The van der Waals surface area contributed by atoms with Crippen molar-refractivity contribution in [3.8, 4) is 23.0 Å². The third kappa shape index (κ3) is 4.56. The zero-order chi connectivity index (χ0) is 24.5. The van der Waals surface area contributed by atoms with Gasteiger partial charge in [0.15, 0.2) is 23.0 Å². The molecule has 2 heterocycles. The second-order valence-corrected chi connectivity index (χ2v) is 10.1. The topological polar surface area (TPSA) is 127 Å². The number of fused-ring (bicyclic) bond motifs is 1. The highest BCUT2D eigenvalue weighted by Crippen LogP contribution is 2.37. The first-order valence-corrected chi connectivity index (χ1v) is 12.2. The Hall–Kier alpha value is -3.22. The van der Waals surface area contributed by atoms with Gasteiger partial charge in [-0.05, 0) is 38.1 Å². The number of sulfonamides is 1. The summed E-state index contributed by atoms with van der Waals surface area (Å²) in [6, 6.07) is 8.95. The molecular weight excluding hydrogens is 464 g/mol. The Morgan fingerprint density at radius 2 is 1.71 bits per heavy atom. The first-order chi connectivity index (χ1) is 16.2. The molecule has 2 unspecified atom stereocenters. The normalized spacial score (nSPS) is 21.2. The monoisotopic (exact) mass is 492 g/mol. The SMILES string of the molecule is COc1ccc(NC(=O)CN(c2ccc3c(c2)OCO3)S(=O)(=O)C2C(C)NNC2C)cc1OC. The lowest BCUT2D eigenvalue weighted by atomic mass is 10.2. The predicted molar refractivity (Wildman–Crippen MR) is 126 cm³/mol. The fourth-order valence-electron chi connectivity index (χ4n) is 4.14. The van der Waals surface area contributed by atoms with E-state index in [0.717, 1.165) is 4.31 Å². The van der Waals surface area contributed by atoms with Crippen LogP contribution in [-0.4, -0.2) is 59.2 Å². The van der Waals surface area contributed by atoms with Gasteiger partial charge in [0, 0.05) is 29.9 Å². The zero-order valence-corrected chi connectivity index (χ0v) is 20.1. The summed E-state index contributed by atoms with van der Waals surface area (Å²) in [6.45, 7) is 3.17. The maximum absolute atomic E-state index is 13.8. The first-order valence-electron chi connectivity index (χ1n) is 10.7. The summed E-state index contributed by atoms with van der Waals surface area (Å²) < 4.78 is 49.9. The van der Waals surface area contributed by atoms with Crippen molar-refractivity contribution in [2.45, 2.75) is 31.2 Å². The van der Waals surface area contributed by atoms with E-state index in [2.05, 4.69) is 16.2 Å². The highest BCUT2D eigenvalue weighted by atomic mass is 32.2. The van der Waals surface area contributed by atoms with E-state index in [0.29, 0.717) is 34.4 Å². The van der Waals surface area contributed by atoms with Gasteiger partial charge in [-0.15, -0.1) is 0 Å². The lowest BCUT2D eigenvalue weighted by Crippen LogP contribution is -2.49. The number of nitrogens with one attached hydrogen (secondary N) is 3. The number of anilines is 2. The van der Waals surface area contributed by atoms with Crippen LogP contribution >= 0.6 is 0 Å². The molecule has 34 heavy (non-hydrogen) atoms. The van der Waals surface area contributed by atoms with Gasteiger partial charge in [-0.1, -0.05) is 0 Å². The summed E-state index contributed by atoms with van der Waals surface area (Å²) in [7, 11) is -0.972. The average molecular weight is 493 g/mol. The molecule has 0 saturated carbocycles. The molecule has 0 radical (unpaired) electrons. The van der Waals surface area contributed by atoms with Crippen molar-refractivity contribution in [2.24, 2.45) is 0 Å². The zero-order valence-electron chi connectivity index (χ0n) is 19.3. The van der Waals surface area contributed by atoms with Crippen LogP contribution in [0.15, 0.2) is 36.4 Å². The Labute approximate surface area is 198 Å². The maximum Gasteiger partial charge on any atom is 0.245 e. The average Bonchev–Trinajstić information content (AvgIpc) is 3.42. The molecule has 4 rings (SSSR count). The van der Waals surface area contributed by atoms with E-state index >= 15 is 0 Å². The number of amides is 1.